The van der Waals surface area contributed by atoms with E-state index in [4.69, 9.17) is 5.73 Å². The van der Waals surface area contributed by atoms with Crippen LogP contribution in [0.2, 0.25) is 0 Å². The summed E-state index contributed by atoms with van der Waals surface area (Å²) in [5.74, 6) is 0.786. The van der Waals surface area contributed by atoms with E-state index in [0.717, 1.165) is 30.1 Å². The molecule has 1 aliphatic carbocycles. The fourth-order valence-electron chi connectivity index (χ4n) is 2.63. The van der Waals surface area contributed by atoms with Crippen LogP contribution in [-0.4, -0.2) is 28.7 Å². The van der Waals surface area contributed by atoms with Gasteiger partial charge in [0, 0.05) is 11.4 Å². The summed E-state index contributed by atoms with van der Waals surface area (Å²) in [6, 6.07) is 4.11. The molecule has 1 saturated carbocycles. The second-order valence-electron chi connectivity index (χ2n) is 5.55. The van der Waals surface area contributed by atoms with Crippen LogP contribution in [0.15, 0.2) is 17.2 Å². The highest BCUT2D eigenvalue weighted by atomic mass is 32.2. The summed E-state index contributed by atoms with van der Waals surface area (Å²) in [4.78, 5) is 16.5. The first kappa shape index (κ1) is 15.3. The van der Waals surface area contributed by atoms with E-state index in [1.807, 2.05) is 13.8 Å². The Morgan fingerprint density at radius 3 is 2.70 bits per heavy atom. The molecular formula is C15H23N3OS. The SMILES string of the molecule is CCNC(CSc1cc(C)cc(C)n1)(C(N)=O)C1CC1. The molecule has 0 bridgehead atoms. The monoisotopic (exact) mass is 293 g/mol. The number of carbonyl (C=O) groups is 1. The van der Waals surface area contributed by atoms with Gasteiger partial charge in [0.2, 0.25) is 5.91 Å². The first-order valence-corrected chi connectivity index (χ1v) is 8.09. The van der Waals surface area contributed by atoms with Gasteiger partial charge in [-0.2, -0.15) is 0 Å². The maximum atomic E-state index is 12.0. The molecule has 1 aromatic rings. The fraction of sp³-hybridized carbons (Fsp3) is 0.600. The van der Waals surface area contributed by atoms with Crippen LogP contribution in [0.1, 0.15) is 31.0 Å². The Bertz CT molecular complexity index is 482. The van der Waals surface area contributed by atoms with E-state index >= 15 is 0 Å². The minimum absolute atomic E-state index is 0.237. The number of likely N-dealkylation sites (N-methyl/N-ethyl adjacent to an activating group) is 1. The van der Waals surface area contributed by atoms with Crippen molar-refractivity contribution in [3.05, 3.63) is 23.4 Å². The summed E-state index contributed by atoms with van der Waals surface area (Å²) in [6.07, 6.45) is 2.16. The van der Waals surface area contributed by atoms with Crippen LogP contribution in [0.25, 0.3) is 0 Å². The molecular weight excluding hydrogens is 270 g/mol. The molecule has 0 aromatic carbocycles. The van der Waals surface area contributed by atoms with Crippen molar-refractivity contribution in [2.24, 2.45) is 11.7 Å². The normalized spacial score (nSPS) is 17.8. The third kappa shape index (κ3) is 3.33. The second kappa shape index (κ2) is 6.14. The summed E-state index contributed by atoms with van der Waals surface area (Å²) >= 11 is 1.62. The Labute approximate surface area is 124 Å². The maximum absolute atomic E-state index is 12.0. The molecule has 1 unspecified atom stereocenters. The van der Waals surface area contributed by atoms with Gasteiger partial charge in [0.1, 0.15) is 5.54 Å². The Balaban J connectivity index is 2.14. The molecule has 0 aliphatic heterocycles. The first-order chi connectivity index (χ1) is 9.48. The van der Waals surface area contributed by atoms with Crippen LogP contribution >= 0.6 is 11.8 Å². The maximum Gasteiger partial charge on any atom is 0.238 e. The molecule has 2 rings (SSSR count). The van der Waals surface area contributed by atoms with Crippen LogP contribution in [0, 0.1) is 19.8 Å². The van der Waals surface area contributed by atoms with Crippen LogP contribution < -0.4 is 11.1 Å². The second-order valence-corrected chi connectivity index (χ2v) is 6.55. The molecule has 1 atom stereocenters. The summed E-state index contributed by atoms with van der Waals surface area (Å²) < 4.78 is 0. The van der Waals surface area contributed by atoms with Crippen molar-refractivity contribution in [3.8, 4) is 0 Å². The lowest BCUT2D eigenvalue weighted by Gasteiger charge is -2.31. The summed E-state index contributed by atoms with van der Waals surface area (Å²) in [5, 5.41) is 4.30. The van der Waals surface area contributed by atoms with Crippen LogP contribution in [-0.2, 0) is 4.79 Å². The Kier molecular flexibility index (Phi) is 4.70. The smallest absolute Gasteiger partial charge is 0.238 e. The molecule has 1 aromatic heterocycles. The number of carbonyl (C=O) groups excluding carboxylic acids is 1. The zero-order valence-corrected chi connectivity index (χ0v) is 13.2. The highest BCUT2D eigenvalue weighted by molar-refractivity contribution is 7.99. The predicted octanol–water partition coefficient (Wildman–Crippen LogP) is 2.03. The molecule has 110 valence electrons. The van der Waals surface area contributed by atoms with Gasteiger partial charge in [-0.15, -0.1) is 11.8 Å². The van der Waals surface area contributed by atoms with E-state index in [1.54, 1.807) is 11.8 Å². The van der Waals surface area contributed by atoms with Gasteiger partial charge in [-0.1, -0.05) is 6.92 Å². The van der Waals surface area contributed by atoms with E-state index in [2.05, 4.69) is 29.4 Å². The number of rotatable bonds is 7. The lowest BCUT2D eigenvalue weighted by Crippen LogP contribution is -2.59. The number of thioether (sulfide) groups is 1. The van der Waals surface area contributed by atoms with E-state index < -0.39 is 5.54 Å². The number of hydrogen-bond donors (Lipinski definition) is 2. The van der Waals surface area contributed by atoms with E-state index in [9.17, 15) is 4.79 Å². The summed E-state index contributed by atoms with van der Waals surface area (Å²) in [5.41, 5.74) is 7.30. The molecule has 0 saturated heterocycles. The van der Waals surface area contributed by atoms with Crippen LogP contribution in [0.3, 0.4) is 0 Å². The molecule has 1 fully saturated rings. The number of pyridine rings is 1. The zero-order valence-electron chi connectivity index (χ0n) is 12.4. The van der Waals surface area contributed by atoms with Crippen molar-refractivity contribution in [2.45, 2.75) is 44.2 Å². The molecule has 1 amide bonds. The van der Waals surface area contributed by atoms with Crippen molar-refractivity contribution in [2.75, 3.05) is 12.3 Å². The lowest BCUT2D eigenvalue weighted by atomic mass is 9.94. The average molecular weight is 293 g/mol. The van der Waals surface area contributed by atoms with Gasteiger partial charge >= 0.3 is 0 Å². The Morgan fingerprint density at radius 1 is 1.50 bits per heavy atom. The highest BCUT2D eigenvalue weighted by Crippen LogP contribution is 2.42. The van der Waals surface area contributed by atoms with Crippen molar-refractivity contribution in [1.82, 2.24) is 10.3 Å². The molecule has 0 radical (unpaired) electrons. The molecule has 1 heterocycles. The Morgan fingerprint density at radius 2 is 2.20 bits per heavy atom. The lowest BCUT2D eigenvalue weighted by molar-refractivity contribution is -0.124. The van der Waals surface area contributed by atoms with Crippen molar-refractivity contribution < 1.29 is 4.79 Å². The molecule has 5 heteroatoms. The van der Waals surface area contributed by atoms with Gasteiger partial charge in [0.05, 0.1) is 5.03 Å². The predicted molar refractivity (Wildman–Crippen MR) is 82.8 cm³/mol. The van der Waals surface area contributed by atoms with E-state index in [-0.39, 0.29) is 5.91 Å². The van der Waals surface area contributed by atoms with Gasteiger partial charge < -0.3 is 11.1 Å². The number of nitrogens with one attached hydrogen (secondary N) is 1. The number of aryl methyl sites for hydroxylation is 2. The standard InChI is InChI=1S/C15H23N3OS/c1-4-17-15(14(16)19,12-5-6-12)9-20-13-8-10(2)7-11(3)18-13/h7-8,12,17H,4-6,9H2,1-3H3,(H2,16,19). The van der Waals surface area contributed by atoms with Gasteiger partial charge in [0.15, 0.2) is 0 Å². The molecule has 4 nitrogen and oxygen atoms in total. The van der Waals surface area contributed by atoms with Crippen molar-refractivity contribution in [3.63, 3.8) is 0 Å². The number of primary amides is 1. The van der Waals surface area contributed by atoms with Gasteiger partial charge in [0.25, 0.3) is 0 Å². The first-order valence-electron chi connectivity index (χ1n) is 7.11. The Hall–Kier alpha value is -1.07. The minimum Gasteiger partial charge on any atom is -0.368 e. The van der Waals surface area contributed by atoms with E-state index in [0.29, 0.717) is 11.7 Å². The van der Waals surface area contributed by atoms with Gasteiger partial charge in [-0.25, -0.2) is 4.98 Å². The van der Waals surface area contributed by atoms with Gasteiger partial charge in [-0.05, 0) is 56.8 Å². The number of hydrogen-bond acceptors (Lipinski definition) is 4. The molecule has 20 heavy (non-hydrogen) atoms. The summed E-state index contributed by atoms with van der Waals surface area (Å²) in [7, 11) is 0. The number of amides is 1. The topological polar surface area (TPSA) is 68.0 Å². The molecule has 0 spiro atoms. The average Bonchev–Trinajstić information content (AvgIpc) is 3.17. The fourth-order valence-corrected chi connectivity index (χ4v) is 3.96. The number of aromatic nitrogens is 1. The van der Waals surface area contributed by atoms with Crippen molar-refractivity contribution >= 4 is 17.7 Å². The van der Waals surface area contributed by atoms with Crippen LogP contribution in [0.4, 0.5) is 0 Å². The van der Waals surface area contributed by atoms with Crippen LogP contribution in [0.5, 0.6) is 0 Å². The molecule has 3 N–H and O–H groups in total. The third-order valence-corrected chi connectivity index (χ3v) is 4.83. The largest absolute Gasteiger partial charge is 0.368 e. The van der Waals surface area contributed by atoms with Gasteiger partial charge in [-0.3, -0.25) is 4.79 Å². The van der Waals surface area contributed by atoms with Crippen molar-refractivity contribution in [1.29, 1.82) is 0 Å². The molecule has 1 aliphatic rings. The minimum atomic E-state index is -0.585. The number of nitrogens with two attached hydrogens (primary N) is 1. The zero-order chi connectivity index (χ0) is 14.8. The van der Waals surface area contributed by atoms with E-state index in [1.165, 1.54) is 5.56 Å². The summed E-state index contributed by atoms with van der Waals surface area (Å²) in [6.45, 7) is 6.81. The number of nitrogens with zero attached hydrogens (tertiary/aromatic N) is 1. The highest BCUT2D eigenvalue weighted by Gasteiger charge is 2.49. The third-order valence-electron chi connectivity index (χ3n) is 3.73. The quantitative estimate of drug-likeness (QED) is 0.755.